The van der Waals surface area contributed by atoms with Crippen LogP contribution in [-0.2, 0) is 19.1 Å². The van der Waals surface area contributed by atoms with E-state index in [1.165, 1.54) is 122 Å². The van der Waals surface area contributed by atoms with E-state index in [4.69, 9.17) is 9.47 Å². The van der Waals surface area contributed by atoms with Crippen LogP contribution in [0, 0.1) is 56.7 Å². The van der Waals surface area contributed by atoms with Crippen molar-refractivity contribution in [1.82, 2.24) is 0 Å². The smallest absolute Gasteiger partial charge is 0.309 e. The molecule has 5 aliphatic rings. The van der Waals surface area contributed by atoms with E-state index in [0.717, 1.165) is 43.9 Å². The summed E-state index contributed by atoms with van der Waals surface area (Å²) in [6, 6.07) is 0. The summed E-state index contributed by atoms with van der Waals surface area (Å²) in [5.74, 6) is 3.07. The Morgan fingerprint density at radius 2 is 1.33 bits per heavy atom. The first-order chi connectivity index (χ1) is 24.5. The van der Waals surface area contributed by atoms with Crippen molar-refractivity contribution in [2.45, 2.75) is 222 Å². The second-order valence-electron chi connectivity index (χ2n) is 20.9. The highest BCUT2D eigenvalue weighted by Crippen LogP contribution is 2.77. The van der Waals surface area contributed by atoms with Crippen LogP contribution < -0.4 is 0 Å². The lowest BCUT2D eigenvalue weighted by molar-refractivity contribution is -0.249. The number of allylic oxidation sites excluding steroid dienone is 1. The fraction of sp³-hybridized carbons (Fsp3) is 0.917. The fourth-order valence-electron chi connectivity index (χ4n) is 14.5. The number of ether oxygens (including phenoxy) is 2. The van der Waals surface area contributed by atoms with Gasteiger partial charge in [0.2, 0.25) is 0 Å². The van der Waals surface area contributed by atoms with E-state index >= 15 is 0 Å². The Morgan fingerprint density at radius 1 is 0.692 bits per heavy atom. The molecule has 0 amide bonds. The molecule has 5 fully saturated rings. The van der Waals surface area contributed by atoms with Crippen molar-refractivity contribution in [3.63, 3.8) is 0 Å². The molecule has 5 aliphatic carbocycles. The van der Waals surface area contributed by atoms with E-state index < -0.39 is 0 Å². The second kappa shape index (κ2) is 16.8. The Kier molecular flexibility index (Phi) is 13.5. The number of carbonyl (C=O) groups is 2. The summed E-state index contributed by atoms with van der Waals surface area (Å²) < 4.78 is 12.1. The number of carbonyl (C=O) groups excluding carboxylic acids is 2. The molecule has 5 rings (SSSR count). The van der Waals surface area contributed by atoms with Crippen LogP contribution in [0.15, 0.2) is 12.2 Å². The molecular formula is C48H82O4. The topological polar surface area (TPSA) is 52.6 Å². The summed E-state index contributed by atoms with van der Waals surface area (Å²) in [7, 11) is 0. The van der Waals surface area contributed by atoms with Gasteiger partial charge in [-0.2, -0.15) is 0 Å². The largest absolute Gasteiger partial charge is 0.462 e. The molecule has 0 unspecified atom stereocenters. The van der Waals surface area contributed by atoms with E-state index in [1.807, 2.05) is 0 Å². The Balaban J connectivity index is 1.17. The van der Waals surface area contributed by atoms with Crippen LogP contribution in [0.2, 0.25) is 0 Å². The average Bonchev–Trinajstić information content (AvgIpc) is 3.43. The minimum absolute atomic E-state index is 0.0838. The van der Waals surface area contributed by atoms with Crippen molar-refractivity contribution >= 4 is 11.9 Å². The van der Waals surface area contributed by atoms with Gasteiger partial charge in [0.25, 0.3) is 0 Å². The minimum atomic E-state index is -0.381. The molecule has 11 atom stereocenters. The van der Waals surface area contributed by atoms with Crippen LogP contribution in [0.4, 0.5) is 0 Å². The molecule has 5 saturated carbocycles. The van der Waals surface area contributed by atoms with Gasteiger partial charge >= 0.3 is 11.9 Å². The maximum Gasteiger partial charge on any atom is 0.309 e. The van der Waals surface area contributed by atoms with E-state index in [0.29, 0.717) is 34.0 Å². The van der Waals surface area contributed by atoms with Gasteiger partial charge in [-0.1, -0.05) is 125 Å². The number of unbranched alkanes of at least 4 members (excludes halogenated alkanes) is 10. The zero-order valence-electron chi connectivity index (χ0n) is 35.6. The third-order valence-corrected chi connectivity index (χ3v) is 17.6. The van der Waals surface area contributed by atoms with E-state index in [1.54, 1.807) is 0 Å². The van der Waals surface area contributed by atoms with Gasteiger partial charge in [-0.15, -0.1) is 0 Å². The third kappa shape index (κ3) is 8.13. The van der Waals surface area contributed by atoms with Crippen molar-refractivity contribution in [3.8, 4) is 0 Å². The average molecular weight is 723 g/mol. The van der Waals surface area contributed by atoms with Gasteiger partial charge in [0.15, 0.2) is 0 Å². The van der Waals surface area contributed by atoms with Gasteiger partial charge in [0.05, 0.1) is 6.42 Å². The number of esters is 2. The second-order valence-corrected chi connectivity index (χ2v) is 20.9. The van der Waals surface area contributed by atoms with Crippen molar-refractivity contribution < 1.29 is 19.1 Å². The number of rotatable bonds is 17. The third-order valence-electron chi connectivity index (χ3n) is 17.6. The maximum absolute atomic E-state index is 13.6. The van der Waals surface area contributed by atoms with Crippen LogP contribution in [0.3, 0.4) is 0 Å². The molecular weight excluding hydrogens is 641 g/mol. The molecule has 0 aromatic heterocycles. The van der Waals surface area contributed by atoms with E-state index in [9.17, 15) is 9.59 Å². The first-order valence-electron chi connectivity index (χ1n) is 22.6. The van der Waals surface area contributed by atoms with E-state index in [-0.39, 0.29) is 41.4 Å². The molecule has 0 saturated heterocycles. The summed E-state index contributed by atoms with van der Waals surface area (Å²) >= 11 is 0. The first-order valence-corrected chi connectivity index (χ1v) is 22.6. The molecule has 0 heterocycles. The highest BCUT2D eigenvalue weighted by atomic mass is 16.6. The quantitative estimate of drug-likeness (QED) is 0.0852. The number of hydrogen-bond acceptors (Lipinski definition) is 4. The Hall–Kier alpha value is -1.32. The molecule has 0 N–H and O–H groups in total. The zero-order chi connectivity index (χ0) is 38.0. The lowest BCUT2D eigenvalue weighted by atomic mass is 9.32. The summed E-state index contributed by atoms with van der Waals surface area (Å²) in [5.41, 5.74) is 2.81. The van der Waals surface area contributed by atoms with Gasteiger partial charge in [-0.25, -0.2) is 0 Å². The summed E-state index contributed by atoms with van der Waals surface area (Å²) in [5, 5.41) is 0. The van der Waals surface area contributed by atoms with Gasteiger partial charge in [-0.3, -0.25) is 9.59 Å². The summed E-state index contributed by atoms with van der Waals surface area (Å²) in [6.07, 6.45) is 27.4. The number of hydrogen-bond donors (Lipinski definition) is 0. The van der Waals surface area contributed by atoms with Crippen LogP contribution in [-0.4, -0.2) is 24.1 Å². The van der Waals surface area contributed by atoms with Crippen LogP contribution in [0.5, 0.6) is 0 Å². The van der Waals surface area contributed by atoms with Crippen molar-refractivity contribution in [2.24, 2.45) is 56.7 Å². The molecule has 4 heteroatoms. The fourth-order valence-corrected chi connectivity index (χ4v) is 14.5. The predicted octanol–water partition coefficient (Wildman–Crippen LogP) is 13.6. The van der Waals surface area contributed by atoms with Crippen molar-refractivity contribution in [1.29, 1.82) is 0 Å². The Bertz CT molecular complexity index is 1240. The monoisotopic (exact) mass is 723 g/mol. The molecule has 0 bridgehead atoms. The predicted molar refractivity (Wildman–Crippen MR) is 216 cm³/mol. The zero-order valence-corrected chi connectivity index (χ0v) is 35.6. The highest BCUT2D eigenvalue weighted by Gasteiger charge is 2.70. The minimum Gasteiger partial charge on any atom is -0.462 e. The molecule has 0 aromatic carbocycles. The van der Waals surface area contributed by atoms with Crippen LogP contribution in [0.1, 0.15) is 210 Å². The van der Waals surface area contributed by atoms with E-state index in [2.05, 4.69) is 62.0 Å². The van der Waals surface area contributed by atoms with Crippen LogP contribution >= 0.6 is 0 Å². The van der Waals surface area contributed by atoms with Gasteiger partial charge in [0.1, 0.15) is 12.2 Å². The maximum atomic E-state index is 13.6. The standard InChI is InChI=1S/C48H82O4/c1-11-12-13-14-15-16-17-18-19-20-21-22-36(51-35(4)49)33-42(50)52-41-27-29-46(8)39(44(41,5)6)26-30-48(10)40(46)24-23-38-43-37(34(2)3)25-28-45(43,7)31-32-47(38,48)9/h36-41,43H,2,11-33H2,1,3-10H3/t36-,37+,38-,39+,40-,41+,43-,45-,46+,47-,48-/m1/s1. The van der Waals surface area contributed by atoms with Gasteiger partial charge < -0.3 is 9.47 Å². The Morgan fingerprint density at radius 3 is 1.94 bits per heavy atom. The molecule has 298 valence electrons. The van der Waals surface area contributed by atoms with Crippen molar-refractivity contribution in [3.05, 3.63) is 12.2 Å². The number of fused-ring (bicyclic) bond motifs is 7. The SMILES string of the molecule is C=C(C)[C@@H]1CC[C@]2(C)CC[C@]3(C)[C@H](CC[C@@H]4[C@@]5(C)CC[C@H](OC(=O)C[C@@H](CCCCCCCCCCCCC)OC(C)=O)C(C)(C)[C@@H]5CC[C@]43C)[C@@H]12. The highest BCUT2D eigenvalue weighted by molar-refractivity contribution is 5.71. The molecule has 4 nitrogen and oxygen atoms in total. The summed E-state index contributed by atoms with van der Waals surface area (Å²) in [6.45, 7) is 26.1. The molecule has 0 spiro atoms. The molecule has 0 aliphatic heterocycles. The van der Waals surface area contributed by atoms with Crippen LogP contribution in [0.25, 0.3) is 0 Å². The lowest BCUT2D eigenvalue weighted by Gasteiger charge is -2.73. The Labute approximate surface area is 321 Å². The lowest BCUT2D eigenvalue weighted by Crippen LogP contribution is -2.66. The molecule has 0 aromatic rings. The van der Waals surface area contributed by atoms with Crippen molar-refractivity contribution in [2.75, 3.05) is 0 Å². The summed E-state index contributed by atoms with van der Waals surface area (Å²) in [4.78, 5) is 25.6. The molecule has 52 heavy (non-hydrogen) atoms. The first kappa shape index (κ1) is 41.8. The van der Waals surface area contributed by atoms with Gasteiger partial charge in [0, 0.05) is 12.3 Å². The normalized spacial score (nSPS) is 39.7. The van der Waals surface area contributed by atoms with Gasteiger partial charge in [-0.05, 0) is 135 Å². The molecule has 0 radical (unpaired) electrons.